The van der Waals surface area contributed by atoms with Gasteiger partial charge in [0.15, 0.2) is 5.76 Å². The van der Waals surface area contributed by atoms with Crippen molar-refractivity contribution >= 4 is 21.8 Å². The van der Waals surface area contributed by atoms with Crippen LogP contribution in [0.5, 0.6) is 0 Å². The lowest BCUT2D eigenvalue weighted by Gasteiger charge is -2.23. The van der Waals surface area contributed by atoms with E-state index in [0.717, 1.165) is 40.9 Å². The molecule has 1 saturated heterocycles. The molecule has 110 valence electrons. The Labute approximate surface area is 132 Å². The van der Waals surface area contributed by atoms with Crippen LogP contribution in [0.15, 0.2) is 33.3 Å². The fourth-order valence-electron chi connectivity index (χ4n) is 2.81. The van der Waals surface area contributed by atoms with Gasteiger partial charge in [0.2, 0.25) is 0 Å². The van der Waals surface area contributed by atoms with Crippen LogP contribution in [0.4, 0.5) is 0 Å². The van der Waals surface area contributed by atoms with E-state index < -0.39 is 0 Å². The van der Waals surface area contributed by atoms with Gasteiger partial charge < -0.3 is 9.42 Å². The average molecular weight is 349 g/mol. The average Bonchev–Trinajstić information content (AvgIpc) is 3.09. The highest BCUT2D eigenvalue weighted by atomic mass is 79.9. The van der Waals surface area contributed by atoms with Crippen molar-refractivity contribution in [3.05, 3.63) is 51.3 Å². The minimum Gasteiger partial charge on any atom is -0.359 e. The van der Waals surface area contributed by atoms with Gasteiger partial charge in [-0.3, -0.25) is 4.79 Å². The van der Waals surface area contributed by atoms with Crippen LogP contribution in [0.1, 0.15) is 46.3 Å². The van der Waals surface area contributed by atoms with Gasteiger partial charge in [-0.05, 0) is 54.2 Å². The number of halogens is 1. The normalized spacial score (nSPS) is 18.2. The molecule has 0 spiro atoms. The van der Waals surface area contributed by atoms with Gasteiger partial charge in [-0.1, -0.05) is 17.3 Å². The zero-order valence-electron chi connectivity index (χ0n) is 12.1. The van der Waals surface area contributed by atoms with Gasteiger partial charge in [0.25, 0.3) is 5.91 Å². The second kappa shape index (κ2) is 5.64. The van der Waals surface area contributed by atoms with E-state index in [9.17, 15) is 4.79 Å². The van der Waals surface area contributed by atoms with E-state index in [0.29, 0.717) is 5.56 Å². The van der Waals surface area contributed by atoms with Gasteiger partial charge in [-0.25, -0.2) is 0 Å². The summed E-state index contributed by atoms with van der Waals surface area (Å²) in [6.45, 7) is 4.64. The molecule has 21 heavy (non-hydrogen) atoms. The molecule has 0 saturated carbocycles. The van der Waals surface area contributed by atoms with E-state index in [1.807, 2.05) is 43.0 Å². The maximum absolute atomic E-state index is 12.8. The van der Waals surface area contributed by atoms with Crippen LogP contribution in [-0.2, 0) is 0 Å². The molecule has 1 aliphatic rings. The number of rotatable bonds is 2. The molecule has 0 aliphatic carbocycles. The van der Waals surface area contributed by atoms with Gasteiger partial charge in [-0.2, -0.15) is 0 Å². The molecule has 1 aromatic heterocycles. The van der Waals surface area contributed by atoms with Crippen molar-refractivity contribution in [1.82, 2.24) is 10.1 Å². The van der Waals surface area contributed by atoms with Gasteiger partial charge in [0.1, 0.15) is 0 Å². The summed E-state index contributed by atoms with van der Waals surface area (Å²) in [5.41, 5.74) is 2.62. The van der Waals surface area contributed by atoms with E-state index in [2.05, 4.69) is 21.1 Å². The van der Waals surface area contributed by atoms with Crippen molar-refractivity contribution in [2.45, 2.75) is 32.7 Å². The van der Waals surface area contributed by atoms with E-state index in [1.165, 1.54) is 0 Å². The van der Waals surface area contributed by atoms with Crippen molar-refractivity contribution in [3.8, 4) is 0 Å². The molecule has 1 fully saturated rings. The topological polar surface area (TPSA) is 46.3 Å². The summed E-state index contributed by atoms with van der Waals surface area (Å²) in [4.78, 5) is 14.7. The zero-order valence-corrected chi connectivity index (χ0v) is 13.7. The maximum Gasteiger partial charge on any atom is 0.255 e. The van der Waals surface area contributed by atoms with Crippen LogP contribution in [0.3, 0.4) is 0 Å². The number of benzene rings is 1. The van der Waals surface area contributed by atoms with Gasteiger partial charge in [0, 0.05) is 17.1 Å². The first-order valence-corrected chi connectivity index (χ1v) is 7.86. The van der Waals surface area contributed by atoms with E-state index in [4.69, 9.17) is 4.52 Å². The molecule has 1 aliphatic heterocycles. The number of hydrogen-bond acceptors (Lipinski definition) is 3. The molecule has 5 heteroatoms. The number of carbonyl (C=O) groups is 1. The summed E-state index contributed by atoms with van der Waals surface area (Å²) >= 11 is 3.52. The lowest BCUT2D eigenvalue weighted by Crippen LogP contribution is -2.30. The Hall–Kier alpha value is -1.62. The highest BCUT2D eigenvalue weighted by Gasteiger charge is 2.33. The monoisotopic (exact) mass is 348 g/mol. The molecule has 0 radical (unpaired) electrons. The van der Waals surface area contributed by atoms with E-state index in [1.54, 1.807) is 0 Å². The number of hydrogen-bond donors (Lipinski definition) is 0. The fourth-order valence-corrected chi connectivity index (χ4v) is 3.25. The molecule has 1 aromatic carbocycles. The lowest BCUT2D eigenvalue weighted by molar-refractivity contribution is 0.0713. The highest BCUT2D eigenvalue weighted by Crippen LogP contribution is 2.34. The molecule has 4 nitrogen and oxygen atoms in total. The highest BCUT2D eigenvalue weighted by molar-refractivity contribution is 9.10. The Balaban J connectivity index is 1.91. The lowest BCUT2D eigenvalue weighted by atomic mass is 10.1. The number of aromatic nitrogens is 1. The Bertz CT molecular complexity index is 681. The molecular formula is C16H17BrN2O2. The third-order valence-electron chi connectivity index (χ3n) is 3.91. The Kier molecular flexibility index (Phi) is 3.85. The van der Waals surface area contributed by atoms with E-state index in [-0.39, 0.29) is 11.9 Å². The molecule has 3 rings (SSSR count). The first-order valence-electron chi connectivity index (χ1n) is 7.07. The molecule has 1 atom stereocenters. The Morgan fingerprint density at radius 2 is 2.24 bits per heavy atom. The molecular weight excluding hydrogens is 332 g/mol. The number of aryl methyl sites for hydroxylation is 2. The van der Waals surface area contributed by atoms with Crippen molar-refractivity contribution in [1.29, 1.82) is 0 Å². The fraction of sp³-hybridized carbons (Fsp3) is 0.375. The minimum absolute atomic E-state index is 0.00823. The molecule has 1 amide bonds. The summed E-state index contributed by atoms with van der Waals surface area (Å²) in [5.74, 6) is 0.823. The van der Waals surface area contributed by atoms with Crippen molar-refractivity contribution in [2.75, 3.05) is 6.54 Å². The zero-order chi connectivity index (χ0) is 15.0. The van der Waals surface area contributed by atoms with Crippen LogP contribution in [0.2, 0.25) is 0 Å². The minimum atomic E-state index is -0.00823. The molecule has 1 unspecified atom stereocenters. The van der Waals surface area contributed by atoms with Gasteiger partial charge in [0.05, 0.1) is 17.3 Å². The van der Waals surface area contributed by atoms with Gasteiger partial charge >= 0.3 is 0 Å². The van der Waals surface area contributed by atoms with Gasteiger partial charge in [-0.15, -0.1) is 0 Å². The molecule has 0 bridgehead atoms. The maximum atomic E-state index is 12.8. The number of likely N-dealkylation sites (tertiary alicyclic amines) is 1. The molecule has 0 N–H and O–H groups in total. The summed E-state index contributed by atoms with van der Waals surface area (Å²) in [7, 11) is 0. The van der Waals surface area contributed by atoms with Crippen LogP contribution in [0.25, 0.3) is 0 Å². The number of carbonyl (C=O) groups excluding carboxylic acids is 1. The van der Waals surface area contributed by atoms with Crippen LogP contribution < -0.4 is 0 Å². The predicted octanol–water partition coefficient (Wildman–Crippen LogP) is 4.03. The van der Waals surface area contributed by atoms with Crippen LogP contribution in [0, 0.1) is 13.8 Å². The third kappa shape index (κ3) is 2.62. The largest absolute Gasteiger partial charge is 0.359 e. The van der Waals surface area contributed by atoms with Crippen molar-refractivity contribution in [3.63, 3.8) is 0 Å². The summed E-state index contributed by atoms with van der Waals surface area (Å²) in [6, 6.07) is 7.67. The SMILES string of the molecule is Cc1cc(C2CCCN2C(=O)c2cccc(C)c2Br)on1. The summed E-state index contributed by atoms with van der Waals surface area (Å²) in [5, 5.41) is 3.94. The Morgan fingerprint density at radius 3 is 2.95 bits per heavy atom. The number of nitrogens with zero attached hydrogens (tertiary/aromatic N) is 2. The standard InChI is InChI=1S/C16H17BrN2O2/c1-10-5-3-6-12(15(10)17)16(20)19-8-4-7-13(19)14-9-11(2)18-21-14/h3,5-6,9,13H,4,7-8H2,1-2H3. The quantitative estimate of drug-likeness (QED) is 0.822. The predicted molar refractivity (Wildman–Crippen MR) is 83.1 cm³/mol. The second-order valence-electron chi connectivity index (χ2n) is 5.46. The van der Waals surface area contributed by atoms with Crippen molar-refractivity contribution in [2.24, 2.45) is 0 Å². The third-order valence-corrected chi connectivity index (χ3v) is 4.96. The number of amides is 1. The van der Waals surface area contributed by atoms with Crippen LogP contribution in [-0.4, -0.2) is 22.5 Å². The van der Waals surface area contributed by atoms with E-state index >= 15 is 0 Å². The van der Waals surface area contributed by atoms with Crippen LogP contribution >= 0.6 is 15.9 Å². The van der Waals surface area contributed by atoms with Crippen molar-refractivity contribution < 1.29 is 9.32 Å². The second-order valence-corrected chi connectivity index (χ2v) is 6.26. The molecule has 2 aromatic rings. The summed E-state index contributed by atoms with van der Waals surface area (Å²) in [6.07, 6.45) is 1.91. The smallest absolute Gasteiger partial charge is 0.255 e. The first-order chi connectivity index (χ1) is 10.1. The summed E-state index contributed by atoms with van der Waals surface area (Å²) < 4.78 is 6.23. The first kappa shape index (κ1) is 14.3. The Morgan fingerprint density at radius 1 is 1.43 bits per heavy atom. The molecule has 2 heterocycles.